The second kappa shape index (κ2) is 3.68. The van der Waals surface area contributed by atoms with Crippen molar-refractivity contribution >= 4 is 0 Å². The van der Waals surface area contributed by atoms with Gasteiger partial charge in [-0.3, -0.25) is 5.32 Å². The van der Waals surface area contributed by atoms with Crippen molar-refractivity contribution in [3.8, 4) is 0 Å². The van der Waals surface area contributed by atoms with E-state index < -0.39 is 11.8 Å². The highest BCUT2D eigenvalue weighted by Gasteiger charge is 2.46. The molecule has 1 aliphatic rings. The van der Waals surface area contributed by atoms with Gasteiger partial charge in [0.2, 0.25) is 0 Å². The molecule has 0 aromatic heterocycles. The zero-order valence-electron chi connectivity index (χ0n) is 7.16. The third-order valence-electron chi connectivity index (χ3n) is 2.19. The van der Waals surface area contributed by atoms with Gasteiger partial charge in [0.15, 0.2) is 6.29 Å². The Morgan fingerprint density at radius 1 is 1.67 bits per heavy atom. The maximum absolute atomic E-state index is 8.83. The molecule has 0 aromatic carbocycles. The van der Waals surface area contributed by atoms with Gasteiger partial charge in [-0.05, 0) is 19.9 Å². The summed E-state index contributed by atoms with van der Waals surface area (Å²) in [6, 6.07) is 0. The highest BCUT2D eigenvalue weighted by atomic mass is 16.5. The first-order valence-corrected chi connectivity index (χ1v) is 4.00. The molecule has 1 rings (SSSR count). The minimum atomic E-state index is -1.44. The molecule has 0 amide bonds. The predicted octanol–water partition coefficient (Wildman–Crippen LogP) is -1.65. The van der Waals surface area contributed by atoms with Crippen LogP contribution in [-0.4, -0.2) is 41.9 Å². The van der Waals surface area contributed by atoms with E-state index >= 15 is 0 Å². The summed E-state index contributed by atoms with van der Waals surface area (Å²) in [4.78, 5) is 0. The molecule has 0 heterocycles. The molecule has 0 spiro atoms. The maximum atomic E-state index is 8.83. The lowest BCUT2D eigenvalue weighted by Crippen LogP contribution is -2.62. The fourth-order valence-electron chi connectivity index (χ4n) is 1.32. The SMILES string of the molecule is CNCOC1CC(N)(C(O)O)C1. The molecular weight excluding hydrogens is 160 g/mol. The Bertz CT molecular complexity index is 146. The highest BCUT2D eigenvalue weighted by molar-refractivity contribution is 5.01. The molecule has 5 heteroatoms. The molecule has 1 aliphatic carbocycles. The van der Waals surface area contributed by atoms with Crippen LogP contribution in [0.2, 0.25) is 0 Å². The van der Waals surface area contributed by atoms with Gasteiger partial charge in [-0.1, -0.05) is 0 Å². The number of nitrogens with two attached hydrogens (primary N) is 1. The molecule has 0 atom stereocenters. The Labute approximate surface area is 71.5 Å². The molecule has 0 saturated heterocycles. The van der Waals surface area contributed by atoms with E-state index in [2.05, 4.69) is 5.32 Å². The topological polar surface area (TPSA) is 87.7 Å². The van der Waals surface area contributed by atoms with Crippen LogP contribution in [0.25, 0.3) is 0 Å². The lowest BCUT2D eigenvalue weighted by Gasteiger charge is -2.45. The molecule has 0 radical (unpaired) electrons. The Morgan fingerprint density at radius 2 is 2.25 bits per heavy atom. The van der Waals surface area contributed by atoms with Crippen molar-refractivity contribution in [2.45, 2.75) is 30.8 Å². The first-order valence-electron chi connectivity index (χ1n) is 4.00. The normalized spacial score (nSPS) is 35.2. The summed E-state index contributed by atoms with van der Waals surface area (Å²) in [5.74, 6) is 0. The van der Waals surface area contributed by atoms with Crippen molar-refractivity contribution in [2.75, 3.05) is 13.8 Å². The highest BCUT2D eigenvalue weighted by Crippen LogP contribution is 2.34. The number of ether oxygens (including phenoxy) is 1. The molecule has 0 aliphatic heterocycles. The fraction of sp³-hybridized carbons (Fsp3) is 1.00. The number of rotatable bonds is 4. The first kappa shape index (κ1) is 9.88. The molecular formula is C7H16N2O3. The van der Waals surface area contributed by atoms with Gasteiger partial charge in [-0.25, -0.2) is 0 Å². The van der Waals surface area contributed by atoms with Gasteiger partial charge < -0.3 is 20.7 Å². The molecule has 0 unspecified atom stereocenters. The summed E-state index contributed by atoms with van der Waals surface area (Å²) in [5, 5.41) is 20.5. The third kappa shape index (κ3) is 1.94. The maximum Gasteiger partial charge on any atom is 0.169 e. The van der Waals surface area contributed by atoms with Crippen LogP contribution in [0, 0.1) is 0 Å². The van der Waals surface area contributed by atoms with Crippen LogP contribution >= 0.6 is 0 Å². The van der Waals surface area contributed by atoms with Gasteiger partial charge in [0.05, 0.1) is 18.4 Å². The van der Waals surface area contributed by atoms with E-state index in [-0.39, 0.29) is 6.10 Å². The second-order valence-corrected chi connectivity index (χ2v) is 3.30. The molecule has 0 aromatic rings. The molecule has 1 saturated carbocycles. The molecule has 72 valence electrons. The van der Waals surface area contributed by atoms with E-state index in [0.29, 0.717) is 19.6 Å². The van der Waals surface area contributed by atoms with E-state index in [4.69, 9.17) is 20.7 Å². The van der Waals surface area contributed by atoms with Crippen molar-refractivity contribution in [1.82, 2.24) is 5.32 Å². The van der Waals surface area contributed by atoms with Crippen LogP contribution in [0.15, 0.2) is 0 Å². The van der Waals surface area contributed by atoms with Gasteiger partial charge >= 0.3 is 0 Å². The molecule has 1 fully saturated rings. The zero-order chi connectivity index (χ0) is 9.19. The van der Waals surface area contributed by atoms with Gasteiger partial charge in [0.1, 0.15) is 0 Å². The Kier molecular flexibility index (Phi) is 3.03. The summed E-state index contributed by atoms with van der Waals surface area (Å²) in [6.45, 7) is 0.474. The molecule has 5 nitrogen and oxygen atoms in total. The van der Waals surface area contributed by atoms with E-state index in [1.54, 1.807) is 7.05 Å². The van der Waals surface area contributed by atoms with Gasteiger partial charge in [0, 0.05) is 0 Å². The van der Waals surface area contributed by atoms with Crippen molar-refractivity contribution in [3.63, 3.8) is 0 Å². The van der Waals surface area contributed by atoms with Crippen LogP contribution in [-0.2, 0) is 4.74 Å². The van der Waals surface area contributed by atoms with Crippen molar-refractivity contribution in [2.24, 2.45) is 5.73 Å². The molecule has 0 bridgehead atoms. The quantitative estimate of drug-likeness (QED) is 0.385. The first-order chi connectivity index (χ1) is 5.58. The van der Waals surface area contributed by atoms with E-state index in [0.717, 1.165) is 0 Å². The average Bonchev–Trinajstić information content (AvgIpc) is 1.95. The van der Waals surface area contributed by atoms with Crippen LogP contribution in [0.1, 0.15) is 12.8 Å². The predicted molar refractivity (Wildman–Crippen MR) is 43.2 cm³/mol. The van der Waals surface area contributed by atoms with Crippen LogP contribution < -0.4 is 11.1 Å². The lowest BCUT2D eigenvalue weighted by atomic mass is 9.74. The number of hydrogen-bond donors (Lipinski definition) is 4. The standard InChI is InChI=1S/C7H16N2O3/c1-9-4-12-5-2-7(8,3-5)6(10)11/h5-6,9-11H,2-4,8H2,1H3. The van der Waals surface area contributed by atoms with Crippen molar-refractivity contribution in [3.05, 3.63) is 0 Å². The largest absolute Gasteiger partial charge is 0.367 e. The minimum absolute atomic E-state index is 0.0595. The van der Waals surface area contributed by atoms with Gasteiger partial charge in [-0.2, -0.15) is 0 Å². The number of nitrogens with one attached hydrogen (secondary N) is 1. The van der Waals surface area contributed by atoms with E-state index in [1.807, 2.05) is 0 Å². The average molecular weight is 176 g/mol. The minimum Gasteiger partial charge on any atom is -0.367 e. The Balaban J connectivity index is 2.18. The van der Waals surface area contributed by atoms with Crippen LogP contribution in [0.3, 0.4) is 0 Å². The van der Waals surface area contributed by atoms with E-state index in [9.17, 15) is 0 Å². The monoisotopic (exact) mass is 176 g/mol. The Hall–Kier alpha value is -0.200. The van der Waals surface area contributed by atoms with E-state index in [1.165, 1.54) is 0 Å². The van der Waals surface area contributed by atoms with Crippen molar-refractivity contribution < 1.29 is 14.9 Å². The van der Waals surface area contributed by atoms with Crippen LogP contribution in [0.4, 0.5) is 0 Å². The third-order valence-corrected chi connectivity index (χ3v) is 2.19. The molecule has 5 N–H and O–H groups in total. The lowest BCUT2D eigenvalue weighted by molar-refractivity contribution is -0.164. The van der Waals surface area contributed by atoms with Gasteiger partial charge in [0.25, 0.3) is 0 Å². The number of hydrogen-bond acceptors (Lipinski definition) is 5. The Morgan fingerprint density at radius 3 is 2.67 bits per heavy atom. The number of aliphatic hydroxyl groups excluding tert-OH is 1. The summed E-state index contributed by atoms with van der Waals surface area (Å²) in [7, 11) is 1.79. The van der Waals surface area contributed by atoms with Crippen molar-refractivity contribution in [1.29, 1.82) is 0 Å². The summed E-state index contributed by atoms with van der Waals surface area (Å²) in [6.07, 6.45) is -0.366. The summed E-state index contributed by atoms with van der Waals surface area (Å²) < 4.78 is 5.26. The summed E-state index contributed by atoms with van der Waals surface area (Å²) in [5.41, 5.74) is 4.76. The fourth-order valence-corrected chi connectivity index (χ4v) is 1.32. The molecule has 12 heavy (non-hydrogen) atoms. The zero-order valence-corrected chi connectivity index (χ0v) is 7.16. The number of aliphatic hydroxyl groups is 2. The second-order valence-electron chi connectivity index (χ2n) is 3.30. The summed E-state index contributed by atoms with van der Waals surface area (Å²) >= 11 is 0. The van der Waals surface area contributed by atoms with Gasteiger partial charge in [-0.15, -0.1) is 0 Å². The smallest absolute Gasteiger partial charge is 0.169 e. The van der Waals surface area contributed by atoms with Crippen LogP contribution in [0.5, 0.6) is 0 Å².